The molecule has 2 heterocycles. The molecule has 0 saturated carbocycles. The molecule has 1 aliphatic rings. The summed E-state index contributed by atoms with van der Waals surface area (Å²) >= 11 is 0.838. The van der Waals surface area contributed by atoms with Crippen molar-refractivity contribution in [3.63, 3.8) is 0 Å². The zero-order chi connectivity index (χ0) is 16.6. The Balaban J connectivity index is 1.94. The van der Waals surface area contributed by atoms with Crippen LogP contribution < -0.4 is 0 Å². The molecule has 0 aliphatic carbocycles. The van der Waals surface area contributed by atoms with E-state index in [0.717, 1.165) is 11.7 Å². The topological polar surface area (TPSA) is 127 Å². The Kier molecular flexibility index (Phi) is 3.90. The number of rotatable bonds is 3. The van der Waals surface area contributed by atoms with Crippen LogP contribution in [0.3, 0.4) is 0 Å². The predicted octanol–water partition coefficient (Wildman–Crippen LogP) is 1.54. The van der Waals surface area contributed by atoms with Gasteiger partial charge in [-0.25, -0.2) is 0 Å². The van der Waals surface area contributed by atoms with Crippen LogP contribution in [-0.2, 0) is 4.79 Å². The van der Waals surface area contributed by atoms with Gasteiger partial charge in [-0.15, -0.1) is 0 Å². The standard InChI is InChI=1S/C13H12N4O5S/c18-12(16-3-1-2-7(6-16)13(19)20)8-4-9-11(15-23-14-9)10(5-8)17(21)22/h4-5,7H,1-3,6H2,(H,19,20). The van der Waals surface area contributed by atoms with Gasteiger partial charge in [0.25, 0.3) is 11.6 Å². The van der Waals surface area contributed by atoms with Crippen molar-refractivity contribution in [3.05, 3.63) is 27.8 Å². The van der Waals surface area contributed by atoms with Gasteiger partial charge in [0.05, 0.1) is 22.6 Å². The van der Waals surface area contributed by atoms with Gasteiger partial charge in [-0.3, -0.25) is 19.7 Å². The van der Waals surface area contributed by atoms with E-state index in [2.05, 4.69) is 8.75 Å². The van der Waals surface area contributed by atoms with Crippen molar-refractivity contribution in [3.8, 4) is 0 Å². The van der Waals surface area contributed by atoms with E-state index in [-0.39, 0.29) is 23.3 Å². The van der Waals surface area contributed by atoms with Crippen LogP contribution in [0.25, 0.3) is 11.0 Å². The van der Waals surface area contributed by atoms with Crippen LogP contribution in [0.2, 0.25) is 0 Å². The molecule has 2 aromatic rings. The first kappa shape index (κ1) is 15.3. The van der Waals surface area contributed by atoms with Crippen molar-refractivity contribution in [1.29, 1.82) is 0 Å². The first-order valence-corrected chi connectivity index (χ1v) is 7.63. The van der Waals surface area contributed by atoms with Crippen LogP contribution in [-0.4, -0.2) is 48.6 Å². The van der Waals surface area contributed by atoms with Gasteiger partial charge in [-0.05, 0) is 18.9 Å². The Bertz CT molecular complexity index is 805. The molecule has 1 unspecified atom stereocenters. The lowest BCUT2D eigenvalue weighted by Crippen LogP contribution is -2.42. The van der Waals surface area contributed by atoms with E-state index in [9.17, 15) is 19.7 Å². The number of likely N-dealkylation sites (tertiary alicyclic amines) is 1. The molecule has 1 aromatic carbocycles. The number of non-ortho nitro benzene ring substituents is 1. The van der Waals surface area contributed by atoms with E-state index >= 15 is 0 Å². The average molecular weight is 336 g/mol. The lowest BCUT2D eigenvalue weighted by atomic mass is 9.97. The fourth-order valence-electron chi connectivity index (χ4n) is 2.68. The Labute approximate surface area is 134 Å². The zero-order valence-electron chi connectivity index (χ0n) is 11.8. The summed E-state index contributed by atoms with van der Waals surface area (Å²) in [5.74, 6) is -1.96. The Morgan fingerprint density at radius 3 is 2.87 bits per heavy atom. The quantitative estimate of drug-likeness (QED) is 0.665. The summed E-state index contributed by atoms with van der Waals surface area (Å²) in [6.45, 7) is 0.541. The largest absolute Gasteiger partial charge is 0.481 e. The number of benzene rings is 1. The highest BCUT2D eigenvalue weighted by Crippen LogP contribution is 2.27. The molecule has 10 heteroatoms. The van der Waals surface area contributed by atoms with E-state index < -0.39 is 22.7 Å². The molecule has 1 aromatic heterocycles. The van der Waals surface area contributed by atoms with Crippen molar-refractivity contribution in [2.45, 2.75) is 12.8 Å². The van der Waals surface area contributed by atoms with E-state index in [1.807, 2.05) is 0 Å². The highest BCUT2D eigenvalue weighted by atomic mass is 32.1. The second-order valence-corrected chi connectivity index (χ2v) is 5.84. The number of carboxylic acids is 1. The number of nitro benzene ring substituents is 1. The third kappa shape index (κ3) is 2.84. The summed E-state index contributed by atoms with van der Waals surface area (Å²) in [5.41, 5.74) is 0.298. The molecule has 1 aliphatic heterocycles. The number of fused-ring (bicyclic) bond motifs is 1. The van der Waals surface area contributed by atoms with Gasteiger partial charge in [0.2, 0.25) is 0 Å². The van der Waals surface area contributed by atoms with Crippen molar-refractivity contribution in [2.75, 3.05) is 13.1 Å². The molecule has 1 amide bonds. The Morgan fingerprint density at radius 2 is 2.17 bits per heavy atom. The lowest BCUT2D eigenvalue weighted by Gasteiger charge is -2.30. The SMILES string of the molecule is O=C(O)C1CCCN(C(=O)c2cc([N+](=O)[O-])c3nsnc3c2)C1. The average Bonchev–Trinajstić information content (AvgIpc) is 3.01. The maximum absolute atomic E-state index is 12.6. The highest BCUT2D eigenvalue weighted by molar-refractivity contribution is 7.00. The van der Waals surface area contributed by atoms with Crippen molar-refractivity contribution >= 4 is 40.3 Å². The Hall–Kier alpha value is -2.62. The zero-order valence-corrected chi connectivity index (χ0v) is 12.7. The number of nitrogens with zero attached hydrogens (tertiary/aromatic N) is 4. The van der Waals surface area contributed by atoms with Gasteiger partial charge in [0.15, 0.2) is 5.52 Å². The summed E-state index contributed by atoms with van der Waals surface area (Å²) in [7, 11) is 0. The molecule has 3 rings (SSSR count). The molecule has 0 radical (unpaired) electrons. The molecular formula is C13H12N4O5S. The number of aromatic nitrogens is 2. The molecule has 1 fully saturated rings. The maximum atomic E-state index is 12.6. The minimum Gasteiger partial charge on any atom is -0.481 e. The summed E-state index contributed by atoms with van der Waals surface area (Å²) in [5, 5.41) is 20.2. The monoisotopic (exact) mass is 336 g/mol. The third-order valence-corrected chi connectivity index (χ3v) is 4.39. The van der Waals surface area contributed by atoms with E-state index in [1.54, 1.807) is 0 Å². The van der Waals surface area contributed by atoms with E-state index in [0.29, 0.717) is 24.9 Å². The van der Waals surface area contributed by atoms with Crippen molar-refractivity contribution in [2.24, 2.45) is 5.92 Å². The second kappa shape index (κ2) is 5.88. The number of carboxylic acid groups (broad SMARTS) is 1. The molecule has 0 bridgehead atoms. The molecular weight excluding hydrogens is 324 g/mol. The molecule has 120 valence electrons. The molecule has 9 nitrogen and oxygen atoms in total. The first-order chi connectivity index (χ1) is 11.0. The van der Waals surface area contributed by atoms with Crippen molar-refractivity contribution in [1.82, 2.24) is 13.6 Å². The van der Waals surface area contributed by atoms with Crippen LogP contribution in [0.4, 0.5) is 5.69 Å². The van der Waals surface area contributed by atoms with Gasteiger partial charge >= 0.3 is 5.97 Å². The van der Waals surface area contributed by atoms with Gasteiger partial charge in [0.1, 0.15) is 5.52 Å². The van der Waals surface area contributed by atoms with Crippen LogP contribution in [0, 0.1) is 16.0 Å². The van der Waals surface area contributed by atoms with E-state index in [4.69, 9.17) is 5.11 Å². The minimum absolute atomic E-state index is 0.106. The third-order valence-electron chi connectivity index (χ3n) is 3.84. The molecule has 1 N–H and O–H groups in total. The van der Waals surface area contributed by atoms with Crippen molar-refractivity contribution < 1.29 is 19.6 Å². The van der Waals surface area contributed by atoms with Gasteiger partial charge < -0.3 is 10.0 Å². The van der Waals surface area contributed by atoms with E-state index in [1.165, 1.54) is 17.0 Å². The molecule has 1 saturated heterocycles. The fourth-order valence-corrected chi connectivity index (χ4v) is 3.22. The molecule has 23 heavy (non-hydrogen) atoms. The summed E-state index contributed by atoms with van der Waals surface area (Å²) in [6.07, 6.45) is 1.11. The molecule has 1 atom stereocenters. The normalized spacial score (nSPS) is 18.1. The summed E-state index contributed by atoms with van der Waals surface area (Å²) in [4.78, 5) is 35.6. The number of nitro groups is 1. The lowest BCUT2D eigenvalue weighted by molar-refractivity contribution is -0.383. The number of aliphatic carboxylic acids is 1. The van der Waals surface area contributed by atoms with Gasteiger partial charge in [-0.1, -0.05) is 0 Å². The summed E-state index contributed by atoms with van der Waals surface area (Å²) in [6, 6.07) is 2.63. The molecule has 0 spiro atoms. The van der Waals surface area contributed by atoms with Crippen LogP contribution >= 0.6 is 11.7 Å². The van der Waals surface area contributed by atoms with Gasteiger partial charge in [-0.2, -0.15) is 8.75 Å². The number of amides is 1. The van der Waals surface area contributed by atoms with Crippen LogP contribution in [0.1, 0.15) is 23.2 Å². The second-order valence-electron chi connectivity index (χ2n) is 5.31. The van der Waals surface area contributed by atoms with Crippen LogP contribution in [0.5, 0.6) is 0 Å². The highest BCUT2D eigenvalue weighted by Gasteiger charge is 2.30. The number of carbonyl (C=O) groups is 2. The maximum Gasteiger partial charge on any atom is 0.308 e. The van der Waals surface area contributed by atoms with Gasteiger partial charge in [0, 0.05) is 24.7 Å². The number of piperidine rings is 1. The summed E-state index contributed by atoms with van der Waals surface area (Å²) < 4.78 is 7.83. The van der Waals surface area contributed by atoms with Crippen LogP contribution in [0.15, 0.2) is 12.1 Å². The Morgan fingerprint density at radius 1 is 1.39 bits per heavy atom. The number of hydrogen-bond acceptors (Lipinski definition) is 7. The predicted molar refractivity (Wildman–Crippen MR) is 80.3 cm³/mol. The minimum atomic E-state index is -0.937. The number of hydrogen-bond donors (Lipinski definition) is 1. The fraction of sp³-hybridized carbons (Fsp3) is 0.385. The first-order valence-electron chi connectivity index (χ1n) is 6.90. The smallest absolute Gasteiger partial charge is 0.308 e. The number of carbonyl (C=O) groups excluding carboxylic acids is 1.